The first-order valence-electron chi connectivity index (χ1n) is 6.97. The van der Waals surface area contributed by atoms with Crippen molar-refractivity contribution in [2.24, 2.45) is 17.6 Å². The summed E-state index contributed by atoms with van der Waals surface area (Å²) in [5.74, 6) is -0.0631. The predicted molar refractivity (Wildman–Crippen MR) is 75.9 cm³/mol. The second-order valence-electron chi connectivity index (χ2n) is 5.51. The summed E-state index contributed by atoms with van der Waals surface area (Å²) in [6.07, 6.45) is 5.54. The summed E-state index contributed by atoms with van der Waals surface area (Å²) in [5.41, 5.74) is 5.34. The molecule has 0 radical (unpaired) electrons. The van der Waals surface area contributed by atoms with Crippen LogP contribution in [0, 0.1) is 11.8 Å². The topological polar surface area (TPSA) is 84.2 Å². The molecule has 0 aromatic heterocycles. The van der Waals surface area contributed by atoms with Crippen LogP contribution in [0.3, 0.4) is 0 Å². The molecule has 2 rings (SSSR count). The Morgan fingerprint density at radius 3 is 2.47 bits per heavy atom. The second-order valence-corrected chi connectivity index (χ2v) is 5.51. The highest BCUT2D eigenvalue weighted by molar-refractivity contribution is 5.85. The predicted octanol–water partition coefficient (Wildman–Crippen LogP) is 0.568. The maximum absolute atomic E-state index is 12.1. The zero-order valence-electron chi connectivity index (χ0n) is 11.2. The van der Waals surface area contributed by atoms with Crippen LogP contribution in [0.25, 0.3) is 0 Å². The lowest BCUT2D eigenvalue weighted by atomic mass is 9.85. The van der Waals surface area contributed by atoms with Crippen LogP contribution >= 0.6 is 12.4 Å². The third-order valence-electron chi connectivity index (χ3n) is 4.09. The maximum Gasteiger partial charge on any atom is 0.224 e. The minimum Gasteiger partial charge on any atom is -0.369 e. The highest BCUT2D eigenvalue weighted by atomic mass is 35.5. The van der Waals surface area contributed by atoms with Crippen molar-refractivity contribution in [1.82, 2.24) is 10.6 Å². The fraction of sp³-hybridized carbons (Fsp3) is 0.846. The van der Waals surface area contributed by atoms with Crippen LogP contribution in [-0.2, 0) is 9.59 Å². The Morgan fingerprint density at radius 2 is 1.84 bits per heavy atom. The second kappa shape index (κ2) is 7.70. The number of rotatable bonds is 3. The Morgan fingerprint density at radius 1 is 1.11 bits per heavy atom. The first-order chi connectivity index (χ1) is 8.66. The molecule has 1 saturated carbocycles. The molecule has 0 bridgehead atoms. The SMILES string of the molecule is Cl.NC(=O)C1CCCC(NC(=O)C2CCCNC2)C1. The third kappa shape index (κ3) is 4.66. The van der Waals surface area contributed by atoms with Gasteiger partial charge in [-0.2, -0.15) is 0 Å². The molecular weight excluding hydrogens is 266 g/mol. The van der Waals surface area contributed by atoms with Crippen LogP contribution in [0.15, 0.2) is 0 Å². The van der Waals surface area contributed by atoms with Gasteiger partial charge < -0.3 is 16.4 Å². The van der Waals surface area contributed by atoms with Crippen molar-refractivity contribution in [2.75, 3.05) is 13.1 Å². The van der Waals surface area contributed by atoms with E-state index in [9.17, 15) is 9.59 Å². The standard InChI is InChI=1S/C13H23N3O2.ClH/c14-12(17)9-3-1-5-11(7-9)16-13(18)10-4-2-6-15-8-10;/h9-11,15H,1-8H2,(H2,14,17)(H,16,18);1H. The molecule has 3 atom stereocenters. The Bertz CT molecular complexity index is 319. The van der Waals surface area contributed by atoms with Gasteiger partial charge in [0.1, 0.15) is 0 Å². The van der Waals surface area contributed by atoms with Gasteiger partial charge in [0.05, 0.1) is 5.92 Å². The van der Waals surface area contributed by atoms with Gasteiger partial charge in [-0.25, -0.2) is 0 Å². The van der Waals surface area contributed by atoms with Gasteiger partial charge in [0, 0.05) is 18.5 Å². The van der Waals surface area contributed by atoms with Crippen molar-refractivity contribution in [3.63, 3.8) is 0 Å². The van der Waals surface area contributed by atoms with E-state index >= 15 is 0 Å². The van der Waals surface area contributed by atoms with Crippen LogP contribution in [0.2, 0.25) is 0 Å². The summed E-state index contributed by atoms with van der Waals surface area (Å²) in [4.78, 5) is 23.3. The zero-order chi connectivity index (χ0) is 13.0. The molecule has 2 aliphatic rings. The van der Waals surface area contributed by atoms with Gasteiger partial charge >= 0.3 is 0 Å². The highest BCUT2D eigenvalue weighted by Gasteiger charge is 2.29. The van der Waals surface area contributed by atoms with E-state index < -0.39 is 0 Å². The minimum absolute atomic E-state index is 0. The van der Waals surface area contributed by atoms with E-state index in [0.29, 0.717) is 6.42 Å². The number of piperidine rings is 1. The number of hydrogen-bond donors (Lipinski definition) is 3. The fourth-order valence-corrected chi connectivity index (χ4v) is 2.97. The Labute approximate surface area is 120 Å². The Kier molecular flexibility index (Phi) is 6.58. The molecule has 0 aromatic carbocycles. The van der Waals surface area contributed by atoms with E-state index in [1.165, 1.54) is 0 Å². The van der Waals surface area contributed by atoms with Gasteiger partial charge in [-0.15, -0.1) is 12.4 Å². The molecule has 1 heterocycles. The van der Waals surface area contributed by atoms with E-state index in [2.05, 4.69) is 10.6 Å². The number of hydrogen-bond acceptors (Lipinski definition) is 3. The lowest BCUT2D eigenvalue weighted by Crippen LogP contribution is -2.46. The van der Waals surface area contributed by atoms with Gasteiger partial charge in [0.15, 0.2) is 0 Å². The van der Waals surface area contributed by atoms with Crippen LogP contribution < -0.4 is 16.4 Å². The number of nitrogens with one attached hydrogen (secondary N) is 2. The van der Waals surface area contributed by atoms with Gasteiger partial charge in [0.25, 0.3) is 0 Å². The molecule has 0 aromatic rings. The van der Waals surface area contributed by atoms with Crippen LogP contribution in [0.4, 0.5) is 0 Å². The number of halogens is 1. The highest BCUT2D eigenvalue weighted by Crippen LogP contribution is 2.24. The Hall–Kier alpha value is -0.810. The number of amides is 2. The average Bonchev–Trinajstić information content (AvgIpc) is 2.40. The number of primary amides is 1. The number of nitrogens with two attached hydrogens (primary N) is 1. The lowest BCUT2D eigenvalue weighted by molar-refractivity contribution is -0.128. The summed E-state index contributed by atoms with van der Waals surface area (Å²) in [5, 5.41) is 6.33. The average molecular weight is 290 g/mol. The Balaban J connectivity index is 0.00000180. The molecule has 2 fully saturated rings. The minimum atomic E-state index is -0.228. The van der Waals surface area contributed by atoms with Crippen LogP contribution in [0.5, 0.6) is 0 Å². The largest absolute Gasteiger partial charge is 0.369 e. The molecule has 6 heteroatoms. The molecule has 1 aliphatic carbocycles. The zero-order valence-corrected chi connectivity index (χ0v) is 12.0. The van der Waals surface area contributed by atoms with E-state index in [-0.39, 0.29) is 42.1 Å². The van der Waals surface area contributed by atoms with Crippen LogP contribution in [0.1, 0.15) is 38.5 Å². The van der Waals surface area contributed by atoms with E-state index in [0.717, 1.165) is 45.2 Å². The van der Waals surface area contributed by atoms with Gasteiger partial charge in [-0.3, -0.25) is 9.59 Å². The molecule has 4 N–H and O–H groups in total. The first-order valence-corrected chi connectivity index (χ1v) is 6.97. The summed E-state index contributed by atoms with van der Waals surface area (Å²) in [7, 11) is 0. The quantitative estimate of drug-likeness (QED) is 0.710. The summed E-state index contributed by atoms with van der Waals surface area (Å²) >= 11 is 0. The molecule has 5 nitrogen and oxygen atoms in total. The number of carbonyl (C=O) groups excluding carboxylic acids is 2. The molecule has 110 valence electrons. The number of carbonyl (C=O) groups is 2. The van der Waals surface area contributed by atoms with Crippen LogP contribution in [-0.4, -0.2) is 30.9 Å². The van der Waals surface area contributed by atoms with Gasteiger partial charge in [-0.05, 0) is 38.6 Å². The molecule has 2 amide bonds. The molecule has 19 heavy (non-hydrogen) atoms. The summed E-state index contributed by atoms with van der Waals surface area (Å²) < 4.78 is 0. The third-order valence-corrected chi connectivity index (χ3v) is 4.09. The monoisotopic (exact) mass is 289 g/mol. The first kappa shape index (κ1) is 16.2. The molecular formula is C13H24ClN3O2. The van der Waals surface area contributed by atoms with Gasteiger partial charge in [0.2, 0.25) is 11.8 Å². The molecule has 1 saturated heterocycles. The maximum atomic E-state index is 12.1. The molecule has 3 unspecified atom stereocenters. The summed E-state index contributed by atoms with van der Waals surface area (Å²) in [6, 6.07) is 0.130. The smallest absolute Gasteiger partial charge is 0.224 e. The van der Waals surface area contributed by atoms with Crippen molar-refractivity contribution in [1.29, 1.82) is 0 Å². The van der Waals surface area contributed by atoms with E-state index in [1.54, 1.807) is 0 Å². The van der Waals surface area contributed by atoms with Crippen molar-refractivity contribution in [3.05, 3.63) is 0 Å². The van der Waals surface area contributed by atoms with Crippen molar-refractivity contribution in [3.8, 4) is 0 Å². The van der Waals surface area contributed by atoms with E-state index in [4.69, 9.17) is 5.73 Å². The lowest BCUT2D eigenvalue weighted by Gasteiger charge is -2.30. The van der Waals surface area contributed by atoms with E-state index in [1.807, 2.05) is 0 Å². The summed E-state index contributed by atoms with van der Waals surface area (Å²) in [6.45, 7) is 1.79. The molecule has 0 spiro atoms. The fourth-order valence-electron chi connectivity index (χ4n) is 2.97. The van der Waals surface area contributed by atoms with Crippen molar-refractivity contribution in [2.45, 2.75) is 44.6 Å². The van der Waals surface area contributed by atoms with Gasteiger partial charge in [-0.1, -0.05) is 6.42 Å². The normalized spacial score (nSPS) is 31.1. The van der Waals surface area contributed by atoms with Crippen molar-refractivity contribution >= 4 is 24.2 Å². The molecule has 1 aliphatic heterocycles. The van der Waals surface area contributed by atoms with Crippen molar-refractivity contribution < 1.29 is 9.59 Å².